The van der Waals surface area contributed by atoms with Crippen molar-refractivity contribution in [1.82, 2.24) is 4.98 Å². The van der Waals surface area contributed by atoms with Gasteiger partial charge in [0.05, 0.1) is 6.61 Å². The molecule has 0 saturated heterocycles. The van der Waals surface area contributed by atoms with Crippen LogP contribution in [0.4, 0.5) is 10.2 Å². The first-order valence-corrected chi connectivity index (χ1v) is 7.27. The molecule has 1 heterocycles. The fourth-order valence-corrected chi connectivity index (χ4v) is 2.46. The molecule has 0 atom stereocenters. The van der Waals surface area contributed by atoms with E-state index in [9.17, 15) is 9.18 Å². The van der Waals surface area contributed by atoms with Gasteiger partial charge in [-0.25, -0.2) is 4.39 Å². The SMILES string of the molecule is NC(=O)c1cc(F)c(NC2CCC(N)CC2)nc1OCCO. The molecule has 1 aliphatic carbocycles. The Morgan fingerprint density at radius 2 is 2.14 bits per heavy atom. The first-order valence-electron chi connectivity index (χ1n) is 7.27. The largest absolute Gasteiger partial charge is 0.475 e. The molecule has 8 heteroatoms. The molecular weight excluding hydrogens is 291 g/mol. The molecule has 1 saturated carbocycles. The van der Waals surface area contributed by atoms with Crippen LogP contribution in [0.5, 0.6) is 5.88 Å². The van der Waals surface area contributed by atoms with Crippen molar-refractivity contribution >= 4 is 11.7 Å². The summed E-state index contributed by atoms with van der Waals surface area (Å²) in [5, 5.41) is 11.8. The van der Waals surface area contributed by atoms with E-state index < -0.39 is 11.7 Å². The summed E-state index contributed by atoms with van der Waals surface area (Å²) >= 11 is 0. The van der Waals surface area contributed by atoms with Gasteiger partial charge >= 0.3 is 0 Å². The molecule has 2 rings (SSSR count). The number of aliphatic hydroxyl groups is 1. The van der Waals surface area contributed by atoms with Gasteiger partial charge in [-0.2, -0.15) is 4.98 Å². The Balaban J connectivity index is 2.18. The van der Waals surface area contributed by atoms with Crippen molar-refractivity contribution in [2.24, 2.45) is 11.5 Å². The number of aromatic nitrogens is 1. The number of pyridine rings is 1. The number of nitrogens with zero attached hydrogens (tertiary/aromatic N) is 1. The lowest BCUT2D eigenvalue weighted by molar-refractivity contribution is 0.0993. The van der Waals surface area contributed by atoms with Crippen LogP contribution in [0.1, 0.15) is 36.0 Å². The second-order valence-electron chi connectivity index (χ2n) is 5.36. The maximum atomic E-state index is 14.1. The van der Waals surface area contributed by atoms with Crippen molar-refractivity contribution in [1.29, 1.82) is 0 Å². The fourth-order valence-electron chi connectivity index (χ4n) is 2.46. The predicted octanol–water partition coefficient (Wildman–Crippen LogP) is 0.372. The van der Waals surface area contributed by atoms with Crippen molar-refractivity contribution in [3.63, 3.8) is 0 Å². The highest BCUT2D eigenvalue weighted by molar-refractivity contribution is 5.95. The number of primary amides is 1. The summed E-state index contributed by atoms with van der Waals surface area (Å²) in [7, 11) is 0. The molecule has 0 aliphatic heterocycles. The van der Waals surface area contributed by atoms with E-state index in [-0.39, 0.29) is 42.6 Å². The molecule has 6 N–H and O–H groups in total. The Bertz CT molecular complexity index is 533. The molecule has 1 fully saturated rings. The van der Waals surface area contributed by atoms with E-state index in [0.29, 0.717) is 0 Å². The number of carbonyl (C=O) groups excluding carboxylic acids is 1. The van der Waals surface area contributed by atoms with Gasteiger partial charge in [0.1, 0.15) is 12.2 Å². The minimum Gasteiger partial charge on any atom is -0.475 e. The summed E-state index contributed by atoms with van der Waals surface area (Å²) in [4.78, 5) is 15.3. The summed E-state index contributed by atoms with van der Waals surface area (Å²) in [6.45, 7) is -0.308. The molecule has 1 amide bonds. The van der Waals surface area contributed by atoms with Crippen LogP contribution in [0.2, 0.25) is 0 Å². The monoisotopic (exact) mass is 312 g/mol. The quantitative estimate of drug-likeness (QED) is 0.602. The highest BCUT2D eigenvalue weighted by Gasteiger charge is 2.22. The van der Waals surface area contributed by atoms with Crippen molar-refractivity contribution in [3.05, 3.63) is 17.4 Å². The van der Waals surface area contributed by atoms with Crippen LogP contribution in [-0.2, 0) is 0 Å². The third kappa shape index (κ3) is 4.05. The summed E-state index contributed by atoms with van der Waals surface area (Å²) in [6.07, 6.45) is 3.39. The van der Waals surface area contributed by atoms with E-state index in [0.717, 1.165) is 31.7 Å². The molecule has 0 spiro atoms. The summed E-state index contributed by atoms with van der Waals surface area (Å²) in [5.74, 6) is -1.58. The normalized spacial score (nSPS) is 21.4. The van der Waals surface area contributed by atoms with E-state index in [2.05, 4.69) is 10.3 Å². The van der Waals surface area contributed by atoms with Gasteiger partial charge in [-0.1, -0.05) is 0 Å². The molecule has 0 aromatic carbocycles. The van der Waals surface area contributed by atoms with Gasteiger partial charge < -0.3 is 26.6 Å². The zero-order valence-corrected chi connectivity index (χ0v) is 12.2. The van der Waals surface area contributed by atoms with E-state index in [1.807, 2.05) is 0 Å². The van der Waals surface area contributed by atoms with Crippen LogP contribution in [0.25, 0.3) is 0 Å². The second-order valence-corrected chi connectivity index (χ2v) is 5.36. The first kappa shape index (κ1) is 16.4. The van der Waals surface area contributed by atoms with Crippen molar-refractivity contribution < 1.29 is 19.0 Å². The fraction of sp³-hybridized carbons (Fsp3) is 0.571. The minimum atomic E-state index is -0.838. The Labute approximate surface area is 127 Å². The van der Waals surface area contributed by atoms with Gasteiger partial charge in [-0.05, 0) is 31.7 Å². The first-order chi connectivity index (χ1) is 10.5. The highest BCUT2D eigenvalue weighted by atomic mass is 19.1. The van der Waals surface area contributed by atoms with E-state index in [1.54, 1.807) is 0 Å². The lowest BCUT2D eigenvalue weighted by Gasteiger charge is -2.27. The molecule has 1 aromatic rings. The Hall–Kier alpha value is -1.93. The standard InChI is InChI=1S/C14H21FN4O3/c15-11-7-10(12(17)21)14(22-6-5-20)19-13(11)18-9-3-1-8(16)2-4-9/h7-9,20H,1-6,16H2,(H2,17,21)(H,18,19). The third-order valence-corrected chi connectivity index (χ3v) is 3.65. The van der Waals surface area contributed by atoms with Gasteiger partial charge in [0, 0.05) is 12.1 Å². The Kier molecular flexibility index (Phi) is 5.51. The number of nitrogens with one attached hydrogen (secondary N) is 1. The molecule has 0 radical (unpaired) electrons. The maximum Gasteiger partial charge on any atom is 0.254 e. The van der Waals surface area contributed by atoms with Crippen LogP contribution < -0.4 is 21.5 Å². The molecule has 7 nitrogen and oxygen atoms in total. The Morgan fingerprint density at radius 1 is 1.45 bits per heavy atom. The summed E-state index contributed by atoms with van der Waals surface area (Å²) < 4.78 is 19.2. The Morgan fingerprint density at radius 3 is 2.73 bits per heavy atom. The topological polar surface area (TPSA) is 123 Å². The number of amides is 1. The van der Waals surface area contributed by atoms with Crippen LogP contribution in [0.15, 0.2) is 6.07 Å². The van der Waals surface area contributed by atoms with Gasteiger partial charge in [0.15, 0.2) is 11.6 Å². The number of anilines is 1. The highest BCUT2D eigenvalue weighted by Crippen LogP contribution is 2.26. The maximum absolute atomic E-state index is 14.1. The lowest BCUT2D eigenvalue weighted by Crippen LogP contribution is -2.33. The van der Waals surface area contributed by atoms with Gasteiger partial charge in [-0.15, -0.1) is 0 Å². The zero-order chi connectivity index (χ0) is 16.1. The van der Waals surface area contributed by atoms with E-state index in [1.165, 1.54) is 0 Å². The lowest BCUT2D eigenvalue weighted by atomic mass is 9.92. The van der Waals surface area contributed by atoms with Gasteiger partial charge in [-0.3, -0.25) is 4.79 Å². The number of halogens is 1. The second kappa shape index (κ2) is 7.37. The summed E-state index contributed by atoms with van der Waals surface area (Å²) in [6, 6.07) is 1.27. The van der Waals surface area contributed by atoms with Crippen molar-refractivity contribution in [3.8, 4) is 5.88 Å². The minimum absolute atomic E-state index is 0.0124. The van der Waals surface area contributed by atoms with Crippen molar-refractivity contribution in [2.45, 2.75) is 37.8 Å². The average Bonchev–Trinajstić information content (AvgIpc) is 2.49. The number of nitrogens with two attached hydrogens (primary N) is 2. The molecule has 0 bridgehead atoms. The van der Waals surface area contributed by atoms with Crippen molar-refractivity contribution in [2.75, 3.05) is 18.5 Å². The molecule has 22 heavy (non-hydrogen) atoms. The van der Waals surface area contributed by atoms with Crippen LogP contribution in [0.3, 0.4) is 0 Å². The number of carbonyl (C=O) groups is 1. The number of hydrogen-bond donors (Lipinski definition) is 4. The molecule has 122 valence electrons. The van der Waals surface area contributed by atoms with Crippen LogP contribution in [0, 0.1) is 5.82 Å². The van der Waals surface area contributed by atoms with Gasteiger partial charge in [0.25, 0.3) is 5.91 Å². The molecule has 1 aromatic heterocycles. The predicted molar refractivity (Wildman–Crippen MR) is 79.1 cm³/mol. The number of aliphatic hydroxyl groups excluding tert-OH is 1. The van der Waals surface area contributed by atoms with E-state index >= 15 is 0 Å². The van der Waals surface area contributed by atoms with Gasteiger partial charge in [0.2, 0.25) is 5.88 Å². The number of ether oxygens (including phenoxy) is 1. The summed E-state index contributed by atoms with van der Waals surface area (Å²) in [5.41, 5.74) is 10.9. The number of rotatable bonds is 6. The van der Waals surface area contributed by atoms with E-state index in [4.69, 9.17) is 21.3 Å². The van der Waals surface area contributed by atoms with Crippen LogP contribution >= 0.6 is 0 Å². The molecular formula is C14H21FN4O3. The zero-order valence-electron chi connectivity index (χ0n) is 12.2. The molecule has 1 aliphatic rings. The third-order valence-electron chi connectivity index (χ3n) is 3.65. The average molecular weight is 312 g/mol. The number of hydrogen-bond acceptors (Lipinski definition) is 6. The van der Waals surface area contributed by atoms with Crippen LogP contribution in [-0.4, -0.2) is 41.3 Å². The molecule has 0 unspecified atom stereocenters. The smallest absolute Gasteiger partial charge is 0.254 e.